The van der Waals surface area contributed by atoms with Crippen LogP contribution in [0.2, 0.25) is 0 Å². The van der Waals surface area contributed by atoms with Crippen LogP contribution in [0.4, 0.5) is 0 Å². The first-order chi connectivity index (χ1) is 8.31. The molecule has 1 aromatic carbocycles. The van der Waals surface area contributed by atoms with Crippen molar-refractivity contribution in [3.05, 3.63) is 42.5 Å². The Balaban J connectivity index is 2.56. The minimum Gasteiger partial charge on any atom is -0.493 e. The van der Waals surface area contributed by atoms with E-state index >= 15 is 0 Å². The largest absolute Gasteiger partial charge is 0.493 e. The lowest BCUT2D eigenvalue weighted by Crippen LogP contribution is -2.19. The van der Waals surface area contributed by atoms with Crippen LogP contribution in [0.5, 0.6) is 5.75 Å². The Kier molecular flexibility index (Phi) is 6.41. The molecular weight excluding hydrogens is 210 g/mol. The second kappa shape index (κ2) is 7.91. The fourth-order valence-electron chi connectivity index (χ4n) is 1.80. The van der Waals surface area contributed by atoms with Crippen LogP contribution < -0.4 is 10.1 Å². The van der Waals surface area contributed by atoms with Crippen molar-refractivity contribution < 1.29 is 4.74 Å². The third-order valence-corrected chi connectivity index (χ3v) is 2.73. The molecule has 2 nitrogen and oxygen atoms in total. The molecule has 0 aliphatic heterocycles. The normalized spacial score (nSPS) is 12.1. The fourth-order valence-corrected chi connectivity index (χ4v) is 1.80. The van der Waals surface area contributed by atoms with Crippen molar-refractivity contribution in [3.63, 3.8) is 0 Å². The number of nitrogens with one attached hydrogen (secondary N) is 1. The molecule has 1 aromatic rings. The van der Waals surface area contributed by atoms with Crippen LogP contribution in [0.3, 0.4) is 0 Å². The minimum absolute atomic E-state index is 0.447. The van der Waals surface area contributed by atoms with Crippen LogP contribution in [-0.4, -0.2) is 13.2 Å². The second-order valence-electron chi connectivity index (χ2n) is 4.01. The Morgan fingerprint density at radius 3 is 2.53 bits per heavy atom. The highest BCUT2D eigenvalue weighted by molar-refractivity contribution is 5.29. The average Bonchev–Trinajstić information content (AvgIpc) is 2.37. The molecule has 0 saturated carbocycles. The first kappa shape index (κ1) is 13.8. The van der Waals surface area contributed by atoms with Crippen molar-refractivity contribution in [2.24, 2.45) is 0 Å². The van der Waals surface area contributed by atoms with E-state index in [1.807, 2.05) is 18.2 Å². The van der Waals surface area contributed by atoms with Gasteiger partial charge in [0, 0.05) is 6.04 Å². The zero-order valence-corrected chi connectivity index (χ0v) is 10.9. The molecule has 0 fully saturated rings. The van der Waals surface area contributed by atoms with Gasteiger partial charge >= 0.3 is 0 Å². The van der Waals surface area contributed by atoms with Gasteiger partial charge in [0.05, 0.1) is 6.61 Å². The number of benzene rings is 1. The lowest BCUT2D eigenvalue weighted by Gasteiger charge is -2.16. The summed E-state index contributed by atoms with van der Waals surface area (Å²) in [5.41, 5.74) is 1.32. The van der Waals surface area contributed by atoms with Crippen LogP contribution >= 0.6 is 0 Å². The molecule has 0 radical (unpaired) electrons. The van der Waals surface area contributed by atoms with Crippen molar-refractivity contribution in [1.29, 1.82) is 0 Å². The molecule has 2 heteroatoms. The molecule has 0 aromatic heterocycles. The van der Waals surface area contributed by atoms with Gasteiger partial charge in [0.25, 0.3) is 0 Å². The van der Waals surface area contributed by atoms with E-state index in [0.29, 0.717) is 12.6 Å². The van der Waals surface area contributed by atoms with Gasteiger partial charge in [0.1, 0.15) is 5.75 Å². The lowest BCUT2D eigenvalue weighted by molar-refractivity contribution is 0.325. The maximum absolute atomic E-state index is 5.58. The van der Waals surface area contributed by atoms with Gasteiger partial charge in [-0.3, -0.25) is 0 Å². The van der Waals surface area contributed by atoms with Gasteiger partial charge in [0.15, 0.2) is 0 Å². The minimum atomic E-state index is 0.447. The summed E-state index contributed by atoms with van der Waals surface area (Å²) in [6.07, 6.45) is 3.86. The van der Waals surface area contributed by atoms with Gasteiger partial charge in [-0.2, -0.15) is 0 Å². The first-order valence-corrected chi connectivity index (χ1v) is 6.38. The van der Waals surface area contributed by atoms with Crippen molar-refractivity contribution in [2.75, 3.05) is 13.2 Å². The fraction of sp³-hybridized carbons (Fsp3) is 0.467. The third kappa shape index (κ3) is 4.61. The van der Waals surface area contributed by atoms with Crippen LogP contribution in [0, 0.1) is 0 Å². The SMILES string of the molecule is C=CCCOc1ccc(C(CC)NCC)cc1. The Labute approximate surface area is 105 Å². The van der Waals surface area contributed by atoms with E-state index in [4.69, 9.17) is 4.74 Å². The molecule has 0 amide bonds. The topological polar surface area (TPSA) is 21.3 Å². The molecule has 1 atom stereocenters. The van der Waals surface area contributed by atoms with Gasteiger partial charge < -0.3 is 10.1 Å². The molecular formula is C15H23NO. The quantitative estimate of drug-likeness (QED) is 0.546. The summed E-state index contributed by atoms with van der Waals surface area (Å²) in [6, 6.07) is 8.80. The zero-order valence-electron chi connectivity index (χ0n) is 10.9. The van der Waals surface area contributed by atoms with Crippen LogP contribution in [0.15, 0.2) is 36.9 Å². The van der Waals surface area contributed by atoms with Crippen molar-refractivity contribution >= 4 is 0 Å². The van der Waals surface area contributed by atoms with Crippen molar-refractivity contribution in [3.8, 4) is 5.75 Å². The predicted octanol–water partition coefficient (Wildman–Crippen LogP) is 3.70. The molecule has 94 valence electrons. The average molecular weight is 233 g/mol. The van der Waals surface area contributed by atoms with E-state index in [2.05, 4.69) is 37.9 Å². The molecule has 0 heterocycles. The first-order valence-electron chi connectivity index (χ1n) is 6.38. The maximum atomic E-state index is 5.58. The van der Waals surface area contributed by atoms with Gasteiger partial charge in [-0.15, -0.1) is 6.58 Å². The molecule has 0 aliphatic rings. The Morgan fingerprint density at radius 1 is 1.29 bits per heavy atom. The molecule has 0 spiro atoms. The standard InChI is InChI=1S/C15H23NO/c1-4-7-12-17-14-10-8-13(9-11-14)15(5-2)16-6-3/h4,8-11,15-16H,1,5-7,12H2,2-3H3. The highest BCUT2D eigenvalue weighted by Crippen LogP contribution is 2.20. The van der Waals surface area contributed by atoms with E-state index in [9.17, 15) is 0 Å². The highest BCUT2D eigenvalue weighted by atomic mass is 16.5. The Hall–Kier alpha value is -1.28. The number of rotatable bonds is 8. The molecule has 1 rings (SSSR count). The number of ether oxygens (including phenoxy) is 1. The van der Waals surface area contributed by atoms with Gasteiger partial charge in [0.2, 0.25) is 0 Å². The van der Waals surface area contributed by atoms with Crippen molar-refractivity contribution in [2.45, 2.75) is 32.7 Å². The lowest BCUT2D eigenvalue weighted by atomic mass is 10.0. The Morgan fingerprint density at radius 2 is 2.00 bits per heavy atom. The van der Waals surface area contributed by atoms with E-state index in [1.54, 1.807) is 0 Å². The van der Waals surface area contributed by atoms with Crippen LogP contribution in [-0.2, 0) is 0 Å². The Bertz CT molecular complexity index is 318. The smallest absolute Gasteiger partial charge is 0.119 e. The second-order valence-corrected chi connectivity index (χ2v) is 4.01. The monoisotopic (exact) mass is 233 g/mol. The van der Waals surface area contributed by atoms with Crippen LogP contribution in [0.25, 0.3) is 0 Å². The molecule has 1 unspecified atom stereocenters. The summed E-state index contributed by atoms with van der Waals surface area (Å²) in [6.45, 7) is 9.70. The summed E-state index contributed by atoms with van der Waals surface area (Å²) in [4.78, 5) is 0. The third-order valence-electron chi connectivity index (χ3n) is 2.73. The summed E-state index contributed by atoms with van der Waals surface area (Å²) in [5.74, 6) is 0.932. The molecule has 17 heavy (non-hydrogen) atoms. The van der Waals surface area contributed by atoms with E-state index < -0.39 is 0 Å². The van der Waals surface area contributed by atoms with E-state index in [0.717, 1.165) is 25.1 Å². The highest BCUT2D eigenvalue weighted by Gasteiger charge is 2.06. The molecule has 0 aliphatic carbocycles. The van der Waals surface area contributed by atoms with Crippen molar-refractivity contribution in [1.82, 2.24) is 5.32 Å². The summed E-state index contributed by atoms with van der Waals surface area (Å²) < 4.78 is 5.58. The van der Waals surface area contributed by atoms with Gasteiger partial charge in [-0.1, -0.05) is 32.1 Å². The van der Waals surface area contributed by atoms with Crippen LogP contribution in [0.1, 0.15) is 38.3 Å². The summed E-state index contributed by atoms with van der Waals surface area (Å²) in [7, 11) is 0. The van der Waals surface area contributed by atoms with E-state index in [-0.39, 0.29) is 0 Å². The zero-order chi connectivity index (χ0) is 12.5. The van der Waals surface area contributed by atoms with E-state index in [1.165, 1.54) is 5.56 Å². The molecule has 0 bridgehead atoms. The van der Waals surface area contributed by atoms with Gasteiger partial charge in [-0.25, -0.2) is 0 Å². The van der Waals surface area contributed by atoms with Gasteiger partial charge in [-0.05, 0) is 37.1 Å². The number of hydrogen-bond acceptors (Lipinski definition) is 2. The summed E-state index contributed by atoms with van der Waals surface area (Å²) >= 11 is 0. The number of hydrogen-bond donors (Lipinski definition) is 1. The maximum Gasteiger partial charge on any atom is 0.119 e. The summed E-state index contributed by atoms with van der Waals surface area (Å²) in [5, 5.41) is 3.47. The molecule has 0 saturated heterocycles. The predicted molar refractivity (Wildman–Crippen MR) is 73.5 cm³/mol. The molecule has 1 N–H and O–H groups in total.